The molecular weight excluding hydrogens is 314 g/mol. The number of anilines is 1. The van der Waals surface area contributed by atoms with E-state index in [1.165, 1.54) is 5.69 Å². The summed E-state index contributed by atoms with van der Waals surface area (Å²) in [5.74, 6) is 0. The summed E-state index contributed by atoms with van der Waals surface area (Å²) in [6.07, 6.45) is 3.02. The third kappa shape index (κ3) is 3.47. The Kier molecular flexibility index (Phi) is 4.93. The molecule has 0 spiro atoms. The summed E-state index contributed by atoms with van der Waals surface area (Å²) >= 11 is 1.55. The second kappa shape index (κ2) is 7.29. The first-order chi connectivity index (χ1) is 11.7. The fourth-order valence-corrected chi connectivity index (χ4v) is 3.52. The Hall–Kier alpha value is -2.64. The average Bonchev–Trinajstić information content (AvgIpc) is 3.04. The van der Waals surface area contributed by atoms with E-state index in [2.05, 4.69) is 42.1 Å². The lowest BCUT2D eigenvalue weighted by Gasteiger charge is -2.18. The number of nitriles is 1. The van der Waals surface area contributed by atoms with E-state index < -0.39 is 0 Å². The molecule has 0 N–H and O–H groups in total. The standard InChI is InChI=1S/C20H19N3S/c1-3-12-23(2)17-10-8-15(9-11-17)13-16(14-21)20-22-18-6-4-5-7-19(18)24-20/h4-11,13H,3,12H2,1-2H3/b16-13+. The fraction of sp³-hybridized carbons (Fsp3) is 0.200. The van der Waals surface area contributed by atoms with Crippen LogP contribution in [0.15, 0.2) is 48.5 Å². The molecule has 0 amide bonds. The molecule has 3 rings (SSSR count). The van der Waals surface area contributed by atoms with Crippen LogP contribution in [0, 0.1) is 11.3 Å². The number of nitrogens with zero attached hydrogens (tertiary/aromatic N) is 3. The Morgan fingerprint density at radius 3 is 2.62 bits per heavy atom. The summed E-state index contributed by atoms with van der Waals surface area (Å²) in [6.45, 7) is 3.20. The van der Waals surface area contributed by atoms with Gasteiger partial charge < -0.3 is 4.90 Å². The summed E-state index contributed by atoms with van der Waals surface area (Å²) < 4.78 is 1.10. The molecule has 3 aromatic rings. The van der Waals surface area contributed by atoms with Crippen LogP contribution < -0.4 is 4.90 Å². The number of thiazole rings is 1. The first-order valence-electron chi connectivity index (χ1n) is 8.00. The van der Waals surface area contributed by atoms with Gasteiger partial charge in [0.2, 0.25) is 0 Å². The second-order valence-corrected chi connectivity index (χ2v) is 6.70. The molecule has 4 heteroatoms. The molecule has 2 aromatic carbocycles. The van der Waals surface area contributed by atoms with E-state index >= 15 is 0 Å². The second-order valence-electron chi connectivity index (χ2n) is 5.67. The van der Waals surface area contributed by atoms with Gasteiger partial charge in [-0.1, -0.05) is 31.2 Å². The molecule has 0 bridgehead atoms. The molecule has 0 saturated heterocycles. The van der Waals surface area contributed by atoms with Crippen LogP contribution in [0.4, 0.5) is 5.69 Å². The molecule has 0 atom stereocenters. The monoisotopic (exact) mass is 333 g/mol. The van der Waals surface area contributed by atoms with Crippen LogP contribution in [-0.2, 0) is 0 Å². The van der Waals surface area contributed by atoms with Gasteiger partial charge in [-0.15, -0.1) is 11.3 Å². The molecule has 3 nitrogen and oxygen atoms in total. The number of rotatable bonds is 5. The predicted octanol–water partition coefficient (Wildman–Crippen LogP) is 5.21. The molecule has 0 unspecified atom stereocenters. The third-order valence-electron chi connectivity index (χ3n) is 3.85. The number of fused-ring (bicyclic) bond motifs is 1. The zero-order chi connectivity index (χ0) is 16.9. The predicted molar refractivity (Wildman–Crippen MR) is 103 cm³/mol. The van der Waals surface area contributed by atoms with Gasteiger partial charge in [-0.2, -0.15) is 5.26 Å². The highest BCUT2D eigenvalue weighted by Crippen LogP contribution is 2.28. The maximum absolute atomic E-state index is 9.52. The smallest absolute Gasteiger partial charge is 0.135 e. The minimum Gasteiger partial charge on any atom is -0.375 e. The van der Waals surface area contributed by atoms with Crippen molar-refractivity contribution in [2.45, 2.75) is 13.3 Å². The third-order valence-corrected chi connectivity index (χ3v) is 4.92. The van der Waals surface area contributed by atoms with Crippen molar-refractivity contribution in [1.29, 1.82) is 5.26 Å². The van der Waals surface area contributed by atoms with Crippen molar-refractivity contribution in [2.75, 3.05) is 18.5 Å². The molecule has 24 heavy (non-hydrogen) atoms. The molecule has 0 aliphatic carbocycles. The van der Waals surface area contributed by atoms with Crippen LogP contribution in [0.2, 0.25) is 0 Å². The lowest BCUT2D eigenvalue weighted by Crippen LogP contribution is -2.17. The van der Waals surface area contributed by atoms with Crippen LogP contribution in [0.25, 0.3) is 21.9 Å². The van der Waals surface area contributed by atoms with E-state index in [-0.39, 0.29) is 0 Å². The average molecular weight is 333 g/mol. The number of allylic oxidation sites excluding steroid dienone is 1. The summed E-state index contributed by atoms with van der Waals surface area (Å²) in [5, 5.41) is 10.3. The molecule has 1 heterocycles. The lowest BCUT2D eigenvalue weighted by molar-refractivity contribution is 0.852. The van der Waals surface area contributed by atoms with E-state index in [0.29, 0.717) is 5.57 Å². The Morgan fingerprint density at radius 2 is 1.96 bits per heavy atom. The summed E-state index contributed by atoms with van der Waals surface area (Å²) in [6, 6.07) is 18.5. The van der Waals surface area contributed by atoms with Crippen LogP contribution in [-0.4, -0.2) is 18.6 Å². The first kappa shape index (κ1) is 16.2. The molecule has 0 radical (unpaired) electrons. The van der Waals surface area contributed by atoms with Crippen LogP contribution >= 0.6 is 11.3 Å². The number of hydrogen-bond donors (Lipinski definition) is 0. The number of hydrogen-bond acceptors (Lipinski definition) is 4. The number of aromatic nitrogens is 1. The molecular formula is C20H19N3S. The van der Waals surface area contributed by atoms with Gasteiger partial charge in [0.15, 0.2) is 0 Å². The fourth-order valence-electron chi connectivity index (χ4n) is 2.59. The van der Waals surface area contributed by atoms with Gasteiger partial charge in [0.05, 0.1) is 15.8 Å². The molecule has 1 aromatic heterocycles. The van der Waals surface area contributed by atoms with E-state index in [1.807, 2.05) is 42.5 Å². The molecule has 120 valence electrons. The summed E-state index contributed by atoms with van der Waals surface area (Å²) in [7, 11) is 2.09. The van der Waals surface area contributed by atoms with Gasteiger partial charge in [0, 0.05) is 19.3 Å². The topological polar surface area (TPSA) is 39.9 Å². The molecule has 0 fully saturated rings. The first-order valence-corrected chi connectivity index (χ1v) is 8.82. The van der Waals surface area contributed by atoms with Crippen molar-refractivity contribution in [3.05, 3.63) is 59.1 Å². The van der Waals surface area contributed by atoms with Gasteiger partial charge in [0.25, 0.3) is 0 Å². The SMILES string of the molecule is CCCN(C)c1ccc(/C=C(\C#N)c2nc3ccccc3s2)cc1. The zero-order valence-corrected chi connectivity index (χ0v) is 14.7. The van der Waals surface area contributed by atoms with Crippen LogP contribution in [0.3, 0.4) is 0 Å². The Bertz CT molecular complexity index is 868. The highest BCUT2D eigenvalue weighted by atomic mass is 32.1. The van der Waals surface area contributed by atoms with Crippen molar-refractivity contribution < 1.29 is 0 Å². The maximum Gasteiger partial charge on any atom is 0.135 e. The van der Waals surface area contributed by atoms with Gasteiger partial charge in [-0.25, -0.2) is 4.98 Å². The molecule has 0 aliphatic heterocycles. The normalized spacial score (nSPS) is 11.5. The molecule has 0 saturated carbocycles. The van der Waals surface area contributed by atoms with Crippen molar-refractivity contribution in [3.63, 3.8) is 0 Å². The van der Waals surface area contributed by atoms with Gasteiger partial charge >= 0.3 is 0 Å². The Labute approximate surface area is 146 Å². The van der Waals surface area contributed by atoms with Gasteiger partial charge in [0.1, 0.15) is 11.1 Å². The van der Waals surface area contributed by atoms with Crippen molar-refractivity contribution in [2.24, 2.45) is 0 Å². The van der Waals surface area contributed by atoms with E-state index in [0.717, 1.165) is 33.8 Å². The highest BCUT2D eigenvalue weighted by Gasteiger charge is 2.08. The summed E-state index contributed by atoms with van der Waals surface area (Å²) in [5.41, 5.74) is 3.74. The van der Waals surface area contributed by atoms with Crippen molar-refractivity contribution in [3.8, 4) is 6.07 Å². The van der Waals surface area contributed by atoms with Crippen molar-refractivity contribution in [1.82, 2.24) is 4.98 Å². The van der Waals surface area contributed by atoms with Gasteiger partial charge in [-0.3, -0.25) is 0 Å². The lowest BCUT2D eigenvalue weighted by atomic mass is 10.1. The van der Waals surface area contributed by atoms with E-state index in [4.69, 9.17) is 0 Å². The Morgan fingerprint density at radius 1 is 1.21 bits per heavy atom. The van der Waals surface area contributed by atoms with E-state index in [1.54, 1.807) is 11.3 Å². The summed E-state index contributed by atoms with van der Waals surface area (Å²) in [4.78, 5) is 6.80. The van der Waals surface area contributed by atoms with Crippen molar-refractivity contribution >= 4 is 38.9 Å². The quantitative estimate of drug-likeness (QED) is 0.602. The largest absolute Gasteiger partial charge is 0.375 e. The Balaban J connectivity index is 1.89. The van der Waals surface area contributed by atoms with Gasteiger partial charge in [-0.05, 0) is 42.3 Å². The minimum absolute atomic E-state index is 0.603. The number of benzene rings is 2. The number of para-hydroxylation sites is 1. The minimum atomic E-state index is 0.603. The zero-order valence-electron chi connectivity index (χ0n) is 13.9. The highest BCUT2D eigenvalue weighted by molar-refractivity contribution is 7.19. The van der Waals surface area contributed by atoms with E-state index in [9.17, 15) is 5.26 Å². The van der Waals surface area contributed by atoms with Crippen LogP contribution in [0.1, 0.15) is 23.9 Å². The molecule has 0 aliphatic rings. The van der Waals surface area contributed by atoms with Crippen LogP contribution in [0.5, 0.6) is 0 Å². The maximum atomic E-state index is 9.52.